The predicted octanol–water partition coefficient (Wildman–Crippen LogP) is 3.74. The van der Waals surface area contributed by atoms with E-state index in [-0.39, 0.29) is 22.2 Å². The molecule has 1 aromatic carbocycles. The lowest BCUT2D eigenvalue weighted by molar-refractivity contribution is -0.137. The van der Waals surface area contributed by atoms with Gasteiger partial charge in [-0.05, 0) is 12.1 Å². The van der Waals surface area contributed by atoms with Crippen molar-refractivity contribution >= 4 is 60.7 Å². The summed E-state index contributed by atoms with van der Waals surface area (Å²) in [7, 11) is 0. The fraction of sp³-hybridized carbons (Fsp3) is 0.400. The van der Waals surface area contributed by atoms with Gasteiger partial charge in [-0.15, -0.1) is 0 Å². The first-order valence-corrected chi connectivity index (χ1v) is 7.77. The van der Waals surface area contributed by atoms with Crippen molar-refractivity contribution in [2.45, 2.75) is 21.7 Å². The highest BCUT2D eigenvalue weighted by atomic mass is 79.9. The van der Waals surface area contributed by atoms with Gasteiger partial charge in [0.1, 0.15) is 0 Å². The Hall–Kier alpha value is 0.230. The van der Waals surface area contributed by atoms with Crippen molar-refractivity contribution in [1.29, 1.82) is 0 Å². The number of hydrogen-bond acceptors (Lipinski definition) is 4. The second-order valence-corrected chi connectivity index (χ2v) is 9.19. The molecule has 0 unspecified atom stereocenters. The Morgan fingerprint density at radius 2 is 1.67 bits per heavy atom. The van der Waals surface area contributed by atoms with Crippen LogP contribution in [0.4, 0.5) is 18.9 Å². The van der Waals surface area contributed by atoms with Crippen LogP contribution in [-0.4, -0.2) is 9.14 Å². The van der Waals surface area contributed by atoms with Crippen LogP contribution in [0.15, 0.2) is 12.1 Å². The Bertz CT molecular complexity index is 557. The lowest BCUT2D eigenvalue weighted by Gasteiger charge is -2.33. The minimum atomic E-state index is -4.55. The Morgan fingerprint density at radius 1 is 1.19 bits per heavy atom. The van der Waals surface area contributed by atoms with Crippen molar-refractivity contribution in [2.24, 2.45) is 11.5 Å². The lowest BCUT2D eigenvalue weighted by Crippen LogP contribution is -2.62. The molecule has 0 saturated carbocycles. The molecule has 0 amide bonds. The van der Waals surface area contributed by atoms with E-state index in [4.69, 9.17) is 34.7 Å². The summed E-state index contributed by atoms with van der Waals surface area (Å²) in [6, 6.07) is 1.53. The summed E-state index contributed by atoms with van der Waals surface area (Å²) in [6.45, 7) is 0. The number of anilines is 1. The zero-order chi connectivity index (χ0) is 16.2. The highest BCUT2D eigenvalue weighted by Crippen LogP contribution is 2.45. The van der Waals surface area contributed by atoms with Crippen LogP contribution in [0.25, 0.3) is 0 Å². The molecule has 1 fully saturated rings. The number of hydrazine groups is 1. The molecule has 21 heavy (non-hydrogen) atoms. The van der Waals surface area contributed by atoms with Gasteiger partial charge in [0, 0.05) is 6.42 Å². The summed E-state index contributed by atoms with van der Waals surface area (Å²) in [5.41, 5.74) is 13.8. The second-order valence-electron chi connectivity index (χ2n) is 4.61. The van der Waals surface area contributed by atoms with Crippen LogP contribution in [-0.2, 0) is 6.18 Å². The molecule has 0 spiro atoms. The number of nitrogens with zero attached hydrogens (tertiary/aromatic N) is 1. The van der Waals surface area contributed by atoms with Gasteiger partial charge in [-0.1, -0.05) is 55.1 Å². The maximum atomic E-state index is 12.7. The monoisotopic (exact) mass is 470 g/mol. The van der Waals surface area contributed by atoms with Gasteiger partial charge in [0.05, 0.1) is 21.3 Å². The van der Waals surface area contributed by atoms with E-state index in [2.05, 4.69) is 37.3 Å². The Morgan fingerprint density at radius 3 is 2.00 bits per heavy atom. The van der Waals surface area contributed by atoms with Gasteiger partial charge in [0.15, 0.2) is 9.14 Å². The molecule has 1 aromatic rings. The molecule has 0 radical (unpaired) electrons. The van der Waals surface area contributed by atoms with Crippen LogP contribution in [0.1, 0.15) is 12.0 Å². The van der Waals surface area contributed by atoms with E-state index in [0.717, 1.165) is 12.1 Å². The highest BCUT2D eigenvalue weighted by molar-refractivity contribution is 9.25. The van der Waals surface area contributed by atoms with Gasteiger partial charge in [0.25, 0.3) is 0 Å². The van der Waals surface area contributed by atoms with Crippen molar-refractivity contribution < 1.29 is 13.2 Å². The zero-order valence-corrected chi connectivity index (χ0v) is 14.8. The van der Waals surface area contributed by atoms with E-state index in [1.807, 2.05) is 0 Å². The summed E-state index contributed by atoms with van der Waals surface area (Å²) in [4.78, 5) is 0. The smallest absolute Gasteiger partial charge is 0.295 e. The molecule has 1 heterocycles. The molecule has 1 saturated heterocycles. The van der Waals surface area contributed by atoms with Crippen molar-refractivity contribution in [3.63, 3.8) is 0 Å². The van der Waals surface area contributed by atoms with Crippen LogP contribution in [0.5, 0.6) is 0 Å². The van der Waals surface area contributed by atoms with Crippen LogP contribution >= 0.6 is 55.1 Å². The molecule has 1 aliphatic heterocycles. The first kappa shape index (κ1) is 17.6. The molecule has 1 aliphatic rings. The number of halogens is 7. The van der Waals surface area contributed by atoms with Gasteiger partial charge in [-0.2, -0.15) is 13.2 Å². The first-order chi connectivity index (χ1) is 9.33. The van der Waals surface area contributed by atoms with E-state index in [9.17, 15) is 13.2 Å². The molecule has 0 aliphatic carbocycles. The van der Waals surface area contributed by atoms with Crippen LogP contribution in [0.2, 0.25) is 10.0 Å². The number of benzene rings is 1. The average molecular weight is 473 g/mol. The number of hydrogen-bond donors (Lipinski definition) is 3. The molecule has 2 rings (SSSR count). The van der Waals surface area contributed by atoms with Gasteiger partial charge >= 0.3 is 6.18 Å². The molecule has 0 bridgehead atoms. The summed E-state index contributed by atoms with van der Waals surface area (Å²) in [5.74, 6) is -1.42. The maximum Gasteiger partial charge on any atom is 0.416 e. The fourth-order valence-corrected chi connectivity index (χ4v) is 3.86. The Labute approximate surface area is 145 Å². The van der Waals surface area contributed by atoms with E-state index >= 15 is 0 Å². The highest BCUT2D eigenvalue weighted by Gasteiger charge is 2.48. The lowest BCUT2D eigenvalue weighted by atomic mass is 10.1. The third kappa shape index (κ3) is 3.60. The summed E-state index contributed by atoms with van der Waals surface area (Å²) >= 11 is 18.4. The largest absolute Gasteiger partial charge is 0.416 e. The van der Waals surface area contributed by atoms with E-state index in [0.29, 0.717) is 0 Å². The summed E-state index contributed by atoms with van der Waals surface area (Å²) in [6.07, 6.45) is -4.37. The van der Waals surface area contributed by atoms with Gasteiger partial charge in [-0.3, -0.25) is 16.5 Å². The number of alkyl halides is 5. The minimum absolute atomic E-state index is 0.0668. The van der Waals surface area contributed by atoms with Crippen LogP contribution in [0, 0.1) is 0 Å². The number of nitrogens with two attached hydrogens (primary N) is 2. The molecular weight excluding hydrogens is 464 g/mol. The second kappa shape index (κ2) is 5.40. The third-order valence-corrected chi connectivity index (χ3v) is 4.26. The standard InChI is InChI=1S/C10H9Br2Cl2F3N4/c11-8(12)3-9(18,19)21(20-8)7-5(13)1-4(2-6(7)14)10(15,16)17/h1-2,20H,3,18-19H2. The van der Waals surface area contributed by atoms with E-state index in [1.165, 1.54) is 5.01 Å². The molecule has 118 valence electrons. The quantitative estimate of drug-likeness (QED) is 0.331. The molecular formula is C10H9Br2Cl2F3N4. The van der Waals surface area contributed by atoms with Gasteiger partial charge in [-0.25, -0.2) is 5.43 Å². The zero-order valence-electron chi connectivity index (χ0n) is 10.1. The fourth-order valence-electron chi connectivity index (χ4n) is 1.95. The SMILES string of the molecule is NC1(N)CC(Br)(Br)NN1c1c(Cl)cc(C(F)(F)F)cc1Cl. The molecule has 0 aromatic heterocycles. The van der Waals surface area contributed by atoms with Gasteiger partial charge < -0.3 is 0 Å². The van der Waals surface area contributed by atoms with Crippen LogP contribution in [0.3, 0.4) is 0 Å². The molecule has 5 N–H and O–H groups in total. The molecule has 11 heteroatoms. The Kier molecular flexibility index (Phi) is 4.52. The van der Waals surface area contributed by atoms with Crippen molar-refractivity contribution in [3.05, 3.63) is 27.7 Å². The van der Waals surface area contributed by atoms with Crippen molar-refractivity contribution in [2.75, 3.05) is 5.01 Å². The van der Waals surface area contributed by atoms with Crippen molar-refractivity contribution in [1.82, 2.24) is 5.43 Å². The molecule has 4 nitrogen and oxygen atoms in total. The maximum absolute atomic E-state index is 12.7. The van der Waals surface area contributed by atoms with E-state index < -0.39 is 20.9 Å². The van der Waals surface area contributed by atoms with E-state index in [1.54, 1.807) is 0 Å². The molecule has 0 atom stereocenters. The summed E-state index contributed by atoms with van der Waals surface area (Å²) < 4.78 is 37.3. The normalized spacial score (nSPS) is 20.9. The summed E-state index contributed by atoms with van der Waals surface area (Å²) in [5, 5.41) is 0.780. The third-order valence-electron chi connectivity index (χ3n) is 2.76. The minimum Gasteiger partial charge on any atom is -0.295 e. The Balaban J connectivity index is 2.51. The van der Waals surface area contributed by atoms with Crippen molar-refractivity contribution in [3.8, 4) is 0 Å². The topological polar surface area (TPSA) is 67.3 Å². The first-order valence-electron chi connectivity index (χ1n) is 5.43. The van der Waals surface area contributed by atoms with Crippen LogP contribution < -0.4 is 21.9 Å². The van der Waals surface area contributed by atoms with Gasteiger partial charge in [0.2, 0.25) is 0 Å². The average Bonchev–Trinajstić information content (AvgIpc) is 2.44. The number of nitrogens with one attached hydrogen (secondary N) is 1. The predicted molar refractivity (Wildman–Crippen MR) is 83.4 cm³/mol. The number of rotatable bonds is 1.